The van der Waals surface area contributed by atoms with Crippen molar-refractivity contribution in [3.63, 3.8) is 0 Å². The molecule has 0 spiro atoms. The lowest BCUT2D eigenvalue weighted by Gasteiger charge is -2.26. The number of nitrogens with zero attached hydrogens (tertiary/aromatic N) is 2. The van der Waals surface area contributed by atoms with Gasteiger partial charge in [0.2, 0.25) is 0 Å². The summed E-state index contributed by atoms with van der Waals surface area (Å²) in [5.41, 5.74) is 2.31. The maximum atomic E-state index is 12.1. The van der Waals surface area contributed by atoms with Crippen molar-refractivity contribution >= 4 is 11.6 Å². The van der Waals surface area contributed by atoms with Gasteiger partial charge in [0.25, 0.3) is 5.91 Å². The van der Waals surface area contributed by atoms with Crippen LogP contribution in [-0.4, -0.2) is 29.1 Å². The van der Waals surface area contributed by atoms with Crippen LogP contribution in [0.2, 0.25) is 0 Å². The zero-order valence-electron chi connectivity index (χ0n) is 12.8. The molecule has 2 heterocycles. The first-order chi connectivity index (χ1) is 10.7. The molecular weight excluding hydrogens is 278 g/mol. The number of anilines is 1. The molecule has 0 aliphatic carbocycles. The van der Waals surface area contributed by atoms with Crippen LogP contribution in [0.5, 0.6) is 0 Å². The van der Waals surface area contributed by atoms with Gasteiger partial charge in [-0.3, -0.25) is 9.69 Å². The zero-order chi connectivity index (χ0) is 15.4. The Morgan fingerprint density at radius 1 is 1.27 bits per heavy atom. The Morgan fingerprint density at radius 2 is 2.09 bits per heavy atom. The van der Waals surface area contributed by atoms with Gasteiger partial charge in [-0.1, -0.05) is 23.7 Å². The second-order valence-electron chi connectivity index (χ2n) is 5.81. The van der Waals surface area contributed by atoms with E-state index in [4.69, 9.17) is 4.52 Å². The van der Waals surface area contributed by atoms with Crippen molar-refractivity contribution in [3.8, 4) is 0 Å². The number of aryl methyl sites for hydroxylation is 1. The molecule has 0 atom stereocenters. The Bertz CT molecular complexity index is 645. The van der Waals surface area contributed by atoms with Crippen LogP contribution in [-0.2, 0) is 6.54 Å². The number of hydrogen-bond acceptors (Lipinski definition) is 4. The van der Waals surface area contributed by atoms with E-state index in [-0.39, 0.29) is 5.91 Å². The Labute approximate surface area is 130 Å². The van der Waals surface area contributed by atoms with E-state index in [1.54, 1.807) is 13.0 Å². The highest BCUT2D eigenvalue weighted by Crippen LogP contribution is 2.17. The van der Waals surface area contributed by atoms with Crippen molar-refractivity contribution < 1.29 is 9.32 Å². The van der Waals surface area contributed by atoms with Gasteiger partial charge in [0, 0.05) is 18.3 Å². The molecule has 1 aliphatic heterocycles. The van der Waals surface area contributed by atoms with Gasteiger partial charge in [-0.25, -0.2) is 0 Å². The molecule has 0 saturated carbocycles. The number of carbonyl (C=O) groups excluding carboxylic acids is 1. The van der Waals surface area contributed by atoms with Crippen LogP contribution in [0.1, 0.15) is 41.1 Å². The van der Waals surface area contributed by atoms with Gasteiger partial charge < -0.3 is 9.84 Å². The topological polar surface area (TPSA) is 58.4 Å². The third-order valence-corrected chi connectivity index (χ3v) is 3.90. The second-order valence-corrected chi connectivity index (χ2v) is 5.81. The van der Waals surface area contributed by atoms with E-state index in [1.165, 1.54) is 24.8 Å². The molecule has 0 bridgehead atoms. The summed E-state index contributed by atoms with van der Waals surface area (Å²) in [6, 6.07) is 9.63. The SMILES string of the molecule is Cc1cc(C(=O)Nc2cccc(CN3CCCCC3)c2)no1. The van der Waals surface area contributed by atoms with Crippen molar-refractivity contribution in [3.05, 3.63) is 47.3 Å². The van der Waals surface area contributed by atoms with E-state index in [1.807, 2.05) is 18.2 Å². The number of amides is 1. The van der Waals surface area contributed by atoms with Crippen LogP contribution >= 0.6 is 0 Å². The molecule has 116 valence electrons. The molecule has 1 saturated heterocycles. The number of rotatable bonds is 4. The Kier molecular flexibility index (Phi) is 4.53. The molecule has 0 unspecified atom stereocenters. The molecule has 5 heteroatoms. The van der Waals surface area contributed by atoms with Crippen molar-refractivity contribution in [2.24, 2.45) is 0 Å². The monoisotopic (exact) mass is 299 g/mol. The summed E-state index contributed by atoms with van der Waals surface area (Å²) in [4.78, 5) is 14.5. The predicted octanol–water partition coefficient (Wildman–Crippen LogP) is 3.22. The Morgan fingerprint density at radius 3 is 2.82 bits per heavy atom. The summed E-state index contributed by atoms with van der Waals surface area (Å²) >= 11 is 0. The van der Waals surface area contributed by atoms with Gasteiger partial charge in [-0.2, -0.15) is 0 Å². The molecule has 0 radical (unpaired) electrons. The minimum absolute atomic E-state index is 0.244. The quantitative estimate of drug-likeness (QED) is 0.941. The standard InChI is InChI=1S/C17H21N3O2/c1-13-10-16(19-22-13)17(21)18-15-7-5-6-14(11-15)12-20-8-3-2-4-9-20/h5-7,10-11H,2-4,8-9,12H2,1H3,(H,18,21). The molecule has 22 heavy (non-hydrogen) atoms. The molecule has 3 rings (SSSR count). The van der Waals surface area contributed by atoms with Crippen LogP contribution in [0.15, 0.2) is 34.9 Å². The van der Waals surface area contributed by atoms with E-state index in [9.17, 15) is 4.79 Å². The van der Waals surface area contributed by atoms with Crippen LogP contribution in [0.3, 0.4) is 0 Å². The number of hydrogen-bond donors (Lipinski definition) is 1. The Hall–Kier alpha value is -2.14. The minimum Gasteiger partial charge on any atom is -0.361 e. The fourth-order valence-electron chi connectivity index (χ4n) is 2.79. The highest BCUT2D eigenvalue weighted by atomic mass is 16.5. The van der Waals surface area contributed by atoms with Crippen molar-refractivity contribution in [2.75, 3.05) is 18.4 Å². The summed E-state index contributed by atoms with van der Waals surface area (Å²) in [6.45, 7) is 5.03. The first-order valence-electron chi connectivity index (χ1n) is 7.77. The number of carbonyl (C=O) groups is 1. The van der Waals surface area contributed by atoms with Crippen LogP contribution < -0.4 is 5.32 Å². The molecule has 1 fully saturated rings. The molecule has 2 aromatic rings. The average Bonchev–Trinajstić information content (AvgIpc) is 2.95. The van der Waals surface area contributed by atoms with E-state index < -0.39 is 0 Å². The molecular formula is C17H21N3O2. The van der Waals surface area contributed by atoms with Crippen molar-refractivity contribution in [1.29, 1.82) is 0 Å². The van der Waals surface area contributed by atoms with Gasteiger partial charge in [0.05, 0.1) is 0 Å². The van der Waals surface area contributed by atoms with Gasteiger partial charge in [-0.15, -0.1) is 0 Å². The van der Waals surface area contributed by atoms with Crippen LogP contribution in [0.25, 0.3) is 0 Å². The highest BCUT2D eigenvalue weighted by Gasteiger charge is 2.13. The van der Waals surface area contributed by atoms with Gasteiger partial charge in [0.1, 0.15) is 5.76 Å². The fourth-order valence-corrected chi connectivity index (χ4v) is 2.79. The molecule has 1 aliphatic rings. The van der Waals surface area contributed by atoms with E-state index >= 15 is 0 Å². The summed E-state index contributed by atoms with van der Waals surface area (Å²) in [5, 5.41) is 6.60. The number of aromatic nitrogens is 1. The van der Waals surface area contributed by atoms with Crippen molar-refractivity contribution in [2.45, 2.75) is 32.7 Å². The predicted molar refractivity (Wildman–Crippen MR) is 84.8 cm³/mol. The first-order valence-corrected chi connectivity index (χ1v) is 7.77. The van der Waals surface area contributed by atoms with Crippen LogP contribution in [0, 0.1) is 6.92 Å². The molecule has 5 nitrogen and oxygen atoms in total. The third-order valence-electron chi connectivity index (χ3n) is 3.90. The summed E-state index contributed by atoms with van der Waals surface area (Å²) in [5.74, 6) is 0.385. The minimum atomic E-state index is -0.244. The van der Waals surface area contributed by atoms with Gasteiger partial charge in [0.15, 0.2) is 5.69 Å². The fraction of sp³-hybridized carbons (Fsp3) is 0.412. The highest BCUT2D eigenvalue weighted by molar-refractivity contribution is 6.02. The molecule has 1 aromatic heterocycles. The molecule has 1 N–H and O–H groups in total. The summed E-state index contributed by atoms with van der Waals surface area (Å²) < 4.78 is 4.93. The normalized spacial score (nSPS) is 15.7. The first kappa shape index (κ1) is 14.8. The van der Waals surface area contributed by atoms with E-state index in [2.05, 4.69) is 21.4 Å². The number of likely N-dealkylation sites (tertiary alicyclic amines) is 1. The lowest BCUT2D eigenvalue weighted by molar-refractivity contribution is 0.101. The summed E-state index contributed by atoms with van der Waals surface area (Å²) in [7, 11) is 0. The van der Waals surface area contributed by atoms with Crippen molar-refractivity contribution in [1.82, 2.24) is 10.1 Å². The molecule has 1 aromatic carbocycles. The smallest absolute Gasteiger partial charge is 0.277 e. The number of piperidine rings is 1. The lowest BCUT2D eigenvalue weighted by Crippen LogP contribution is -2.29. The van der Waals surface area contributed by atoms with E-state index in [0.717, 1.165) is 25.3 Å². The largest absolute Gasteiger partial charge is 0.361 e. The lowest BCUT2D eigenvalue weighted by atomic mass is 10.1. The Balaban J connectivity index is 1.64. The van der Waals surface area contributed by atoms with E-state index in [0.29, 0.717) is 11.5 Å². The van der Waals surface area contributed by atoms with Gasteiger partial charge >= 0.3 is 0 Å². The summed E-state index contributed by atoms with van der Waals surface area (Å²) in [6.07, 6.45) is 3.90. The van der Waals surface area contributed by atoms with Crippen LogP contribution in [0.4, 0.5) is 5.69 Å². The number of benzene rings is 1. The zero-order valence-corrected chi connectivity index (χ0v) is 12.8. The van der Waals surface area contributed by atoms with Gasteiger partial charge in [-0.05, 0) is 50.6 Å². The maximum Gasteiger partial charge on any atom is 0.277 e. The number of nitrogens with one attached hydrogen (secondary N) is 1. The maximum absolute atomic E-state index is 12.1. The average molecular weight is 299 g/mol. The molecule has 1 amide bonds. The second kappa shape index (κ2) is 6.75. The third kappa shape index (κ3) is 3.74.